The average molecular weight is 250 g/mol. The molecular weight excluding hydrogens is 240 g/mol. The van der Waals surface area contributed by atoms with Gasteiger partial charge in [-0.25, -0.2) is 9.78 Å². The number of aromatic nitrogens is 2. The lowest BCUT2D eigenvalue weighted by atomic mass is 10.2. The second-order valence-corrected chi connectivity index (χ2v) is 3.79. The minimum atomic E-state index is -1.21. The monoisotopic (exact) mass is 250 g/mol. The Balaban J connectivity index is 2.15. The van der Waals surface area contributed by atoms with Gasteiger partial charge in [-0.3, -0.25) is 19.5 Å². The van der Waals surface area contributed by atoms with Crippen LogP contribution in [0.4, 0.5) is 5.82 Å². The van der Waals surface area contributed by atoms with Gasteiger partial charge in [-0.1, -0.05) is 0 Å². The molecule has 0 spiro atoms. The number of carbonyl (C=O) groups excluding carboxylic acids is 2. The van der Waals surface area contributed by atoms with E-state index in [0.29, 0.717) is 0 Å². The molecule has 1 aliphatic rings. The summed E-state index contributed by atoms with van der Waals surface area (Å²) in [5.74, 6) is -1.73. The zero-order valence-electron chi connectivity index (χ0n) is 9.45. The van der Waals surface area contributed by atoms with Crippen molar-refractivity contribution in [3.05, 3.63) is 18.1 Å². The predicted octanol–water partition coefficient (Wildman–Crippen LogP) is -0.656. The largest absolute Gasteiger partial charge is 0.476 e. The van der Waals surface area contributed by atoms with Crippen molar-refractivity contribution in [2.45, 2.75) is 12.5 Å². The molecule has 2 N–H and O–H groups in total. The molecule has 0 aliphatic carbocycles. The third-order valence-corrected chi connectivity index (χ3v) is 2.56. The fourth-order valence-electron chi connectivity index (χ4n) is 1.59. The Kier molecular flexibility index (Phi) is 2.92. The van der Waals surface area contributed by atoms with Gasteiger partial charge in [0.25, 0.3) is 5.91 Å². The number of likely N-dealkylation sites (tertiary alicyclic amines) is 1. The molecule has 2 rings (SSSR count). The highest BCUT2D eigenvalue weighted by Crippen LogP contribution is 2.15. The van der Waals surface area contributed by atoms with Gasteiger partial charge in [-0.2, -0.15) is 0 Å². The van der Waals surface area contributed by atoms with Gasteiger partial charge in [-0.15, -0.1) is 0 Å². The minimum Gasteiger partial charge on any atom is -0.476 e. The molecule has 0 aromatic carbocycles. The molecule has 1 saturated heterocycles. The number of anilines is 1. The fourth-order valence-corrected chi connectivity index (χ4v) is 1.59. The molecule has 94 valence electrons. The maximum absolute atomic E-state index is 11.6. The number of hydrogen-bond acceptors (Lipinski definition) is 6. The van der Waals surface area contributed by atoms with E-state index < -0.39 is 12.0 Å². The van der Waals surface area contributed by atoms with E-state index >= 15 is 0 Å². The Morgan fingerprint density at radius 2 is 2.22 bits per heavy atom. The second kappa shape index (κ2) is 4.40. The number of carbonyl (C=O) groups is 3. The summed E-state index contributed by atoms with van der Waals surface area (Å²) in [5, 5.41) is 11.4. The Morgan fingerprint density at radius 3 is 2.78 bits per heavy atom. The normalized spacial score (nSPS) is 19.2. The van der Waals surface area contributed by atoms with Crippen molar-refractivity contribution in [3.8, 4) is 0 Å². The van der Waals surface area contributed by atoms with Crippen molar-refractivity contribution in [1.29, 1.82) is 0 Å². The van der Waals surface area contributed by atoms with Crippen LogP contribution in [0.25, 0.3) is 0 Å². The van der Waals surface area contributed by atoms with E-state index in [1.54, 1.807) is 0 Å². The summed E-state index contributed by atoms with van der Waals surface area (Å²) in [6, 6.07) is -0.721. The van der Waals surface area contributed by atoms with E-state index in [-0.39, 0.29) is 29.7 Å². The van der Waals surface area contributed by atoms with Crippen molar-refractivity contribution >= 4 is 23.6 Å². The van der Waals surface area contributed by atoms with Gasteiger partial charge in [0, 0.05) is 7.05 Å². The highest BCUT2D eigenvalue weighted by atomic mass is 16.4. The minimum absolute atomic E-state index is 0.0221. The fraction of sp³-hybridized carbons (Fsp3) is 0.300. The Morgan fingerprint density at radius 1 is 1.50 bits per heavy atom. The SMILES string of the molecule is CN1C(=O)CC(Nc2cncc(C(=O)O)n2)C1=O. The van der Waals surface area contributed by atoms with Gasteiger partial charge in [-0.05, 0) is 0 Å². The molecule has 0 saturated carbocycles. The Hall–Kier alpha value is -2.51. The van der Waals surface area contributed by atoms with Crippen molar-refractivity contribution in [3.63, 3.8) is 0 Å². The van der Waals surface area contributed by atoms with E-state index in [4.69, 9.17) is 5.11 Å². The number of rotatable bonds is 3. The molecule has 18 heavy (non-hydrogen) atoms. The number of likely N-dealkylation sites (N-methyl/N-ethyl adjacent to an activating group) is 1. The van der Waals surface area contributed by atoms with Gasteiger partial charge in [0.2, 0.25) is 5.91 Å². The molecule has 2 amide bonds. The lowest BCUT2D eigenvalue weighted by Crippen LogP contribution is -2.32. The summed E-state index contributed by atoms with van der Waals surface area (Å²) in [6.07, 6.45) is 2.41. The number of amides is 2. The van der Waals surface area contributed by atoms with Crippen molar-refractivity contribution in [2.75, 3.05) is 12.4 Å². The molecular formula is C10H10N4O4. The molecule has 0 radical (unpaired) electrons. The van der Waals surface area contributed by atoms with Gasteiger partial charge in [0.1, 0.15) is 11.9 Å². The first-order valence-corrected chi connectivity index (χ1v) is 5.11. The Bertz CT molecular complexity index is 530. The highest BCUT2D eigenvalue weighted by molar-refractivity contribution is 6.06. The molecule has 1 aromatic rings. The van der Waals surface area contributed by atoms with E-state index in [1.807, 2.05) is 0 Å². The number of nitrogens with zero attached hydrogens (tertiary/aromatic N) is 3. The topological polar surface area (TPSA) is 112 Å². The third-order valence-electron chi connectivity index (χ3n) is 2.56. The number of imide groups is 1. The van der Waals surface area contributed by atoms with Gasteiger partial charge >= 0.3 is 5.97 Å². The molecule has 1 atom stereocenters. The van der Waals surface area contributed by atoms with E-state index in [1.165, 1.54) is 13.2 Å². The van der Waals surface area contributed by atoms with Crippen LogP contribution < -0.4 is 5.32 Å². The van der Waals surface area contributed by atoms with Crippen molar-refractivity contribution in [2.24, 2.45) is 0 Å². The first-order valence-electron chi connectivity index (χ1n) is 5.11. The van der Waals surface area contributed by atoms with Crippen LogP contribution in [0.1, 0.15) is 16.9 Å². The zero-order chi connectivity index (χ0) is 13.3. The summed E-state index contributed by atoms with van der Waals surface area (Å²) in [5.41, 5.74) is -0.231. The smallest absolute Gasteiger partial charge is 0.356 e. The standard InChI is InChI=1S/C10H10N4O4/c1-14-8(15)2-5(9(14)16)12-7-4-11-3-6(13-7)10(17)18/h3-5H,2H2,1H3,(H,12,13)(H,17,18). The van der Waals surface area contributed by atoms with Gasteiger partial charge < -0.3 is 10.4 Å². The number of carboxylic acids is 1. The second-order valence-electron chi connectivity index (χ2n) is 3.79. The molecule has 2 heterocycles. The van der Waals surface area contributed by atoms with Crippen LogP contribution in [-0.2, 0) is 9.59 Å². The third kappa shape index (κ3) is 2.12. The highest BCUT2D eigenvalue weighted by Gasteiger charge is 2.36. The first-order chi connectivity index (χ1) is 8.49. The van der Waals surface area contributed by atoms with Crippen LogP contribution in [0.2, 0.25) is 0 Å². The molecule has 1 unspecified atom stereocenters. The van der Waals surface area contributed by atoms with Crippen LogP contribution in [0, 0.1) is 0 Å². The summed E-state index contributed by atoms with van der Waals surface area (Å²) in [7, 11) is 1.39. The van der Waals surface area contributed by atoms with Crippen molar-refractivity contribution in [1.82, 2.24) is 14.9 Å². The van der Waals surface area contributed by atoms with Crippen molar-refractivity contribution < 1.29 is 19.5 Å². The number of aromatic carboxylic acids is 1. The molecule has 1 aromatic heterocycles. The predicted molar refractivity (Wildman–Crippen MR) is 58.8 cm³/mol. The number of nitrogens with one attached hydrogen (secondary N) is 1. The number of hydrogen-bond donors (Lipinski definition) is 2. The van der Waals surface area contributed by atoms with Crippen LogP contribution in [-0.4, -0.2) is 50.8 Å². The average Bonchev–Trinajstić information content (AvgIpc) is 2.57. The Labute approximate surface area is 102 Å². The van der Waals surface area contributed by atoms with Crippen LogP contribution >= 0.6 is 0 Å². The van der Waals surface area contributed by atoms with Gasteiger partial charge in [0.15, 0.2) is 5.69 Å². The molecule has 0 bridgehead atoms. The summed E-state index contributed by atoms with van der Waals surface area (Å²) >= 11 is 0. The summed E-state index contributed by atoms with van der Waals surface area (Å²) < 4.78 is 0. The summed E-state index contributed by atoms with van der Waals surface area (Å²) in [6.45, 7) is 0. The first kappa shape index (κ1) is 12.0. The summed E-state index contributed by atoms with van der Waals surface area (Å²) in [4.78, 5) is 42.1. The molecule has 1 fully saturated rings. The van der Waals surface area contributed by atoms with Crippen LogP contribution in [0.5, 0.6) is 0 Å². The molecule has 8 heteroatoms. The lowest BCUT2D eigenvalue weighted by Gasteiger charge is -2.11. The van der Waals surface area contributed by atoms with E-state index in [2.05, 4.69) is 15.3 Å². The van der Waals surface area contributed by atoms with Crippen LogP contribution in [0.3, 0.4) is 0 Å². The van der Waals surface area contributed by atoms with Crippen LogP contribution in [0.15, 0.2) is 12.4 Å². The zero-order valence-corrected chi connectivity index (χ0v) is 9.45. The molecule has 8 nitrogen and oxygen atoms in total. The van der Waals surface area contributed by atoms with Gasteiger partial charge in [0.05, 0.1) is 18.8 Å². The quantitative estimate of drug-likeness (QED) is 0.685. The maximum Gasteiger partial charge on any atom is 0.356 e. The maximum atomic E-state index is 11.6. The molecule has 1 aliphatic heterocycles. The lowest BCUT2D eigenvalue weighted by molar-refractivity contribution is -0.136. The number of carboxylic acid groups (broad SMARTS) is 1. The van der Waals surface area contributed by atoms with E-state index in [0.717, 1.165) is 11.1 Å². The van der Waals surface area contributed by atoms with E-state index in [9.17, 15) is 14.4 Å².